The Morgan fingerprint density at radius 2 is 1.19 bits per heavy atom. The van der Waals surface area contributed by atoms with Crippen molar-refractivity contribution in [2.75, 3.05) is 11.9 Å². The fraction of sp³-hybridized carbons (Fsp3) is 0.579. The molecule has 0 spiro atoms. The van der Waals surface area contributed by atoms with E-state index in [0.29, 0.717) is 5.69 Å². The van der Waals surface area contributed by atoms with Gasteiger partial charge >= 0.3 is 71.1 Å². The number of hydrogen-bond acceptors (Lipinski definition) is 3. The zero-order valence-electron chi connectivity index (χ0n) is 14.5. The van der Waals surface area contributed by atoms with Crippen molar-refractivity contribution in [2.24, 2.45) is 0 Å². The van der Waals surface area contributed by atoms with Gasteiger partial charge in [-0.1, -0.05) is 58.3 Å². The molecule has 0 unspecified atom stereocenters. The predicted molar refractivity (Wildman–Crippen MR) is 110 cm³/mol. The molecule has 0 saturated carbocycles. The number of carbonyl (C=O) groups is 2. The summed E-state index contributed by atoms with van der Waals surface area (Å²) in [4.78, 5) is 22.1. The Balaban J connectivity index is 0. The Morgan fingerprint density at radius 1 is 0.769 bits per heavy atom. The van der Waals surface area contributed by atoms with Gasteiger partial charge in [0.25, 0.3) is 0 Å². The van der Waals surface area contributed by atoms with Crippen molar-refractivity contribution in [1.29, 1.82) is 0 Å². The van der Waals surface area contributed by atoms with Gasteiger partial charge < -0.3 is 15.5 Å². The van der Waals surface area contributed by atoms with E-state index in [1.165, 1.54) is 63.1 Å². The Bertz CT molecular complexity index is 506. The van der Waals surface area contributed by atoms with Crippen molar-refractivity contribution in [1.82, 2.24) is 0 Å². The fourth-order valence-electron chi connectivity index (χ4n) is 2.64. The number of carboxylic acid groups (broad SMARTS) is 2. The summed E-state index contributed by atoms with van der Waals surface area (Å²) >= 11 is 0. The zero-order chi connectivity index (χ0) is 17.8. The molecular formula is C19H31NNa2O4. The van der Waals surface area contributed by atoms with Gasteiger partial charge in [0, 0.05) is 12.2 Å². The summed E-state index contributed by atoms with van der Waals surface area (Å²) in [6.45, 7) is 2.94. The van der Waals surface area contributed by atoms with E-state index in [-0.39, 0.29) is 70.2 Å². The SMILES string of the molecule is CCCCCCCCCCCNc1cc(C(=O)O)cc(C(=O)O)c1.[NaH].[NaH]. The average molecular weight is 383 g/mol. The third kappa shape index (κ3) is 12.4. The summed E-state index contributed by atoms with van der Waals surface area (Å²) in [5.74, 6) is -2.24. The second-order valence-electron chi connectivity index (χ2n) is 6.16. The number of aromatic carboxylic acids is 2. The van der Waals surface area contributed by atoms with Crippen LogP contribution in [0, 0.1) is 0 Å². The first kappa shape index (κ1) is 28.2. The number of rotatable bonds is 13. The third-order valence-electron chi connectivity index (χ3n) is 4.04. The molecule has 0 bridgehead atoms. The van der Waals surface area contributed by atoms with Crippen molar-refractivity contribution >= 4 is 76.7 Å². The number of unbranched alkanes of at least 4 members (excludes halogenated alkanes) is 8. The number of hydrogen-bond donors (Lipinski definition) is 3. The Labute approximate surface area is 200 Å². The topological polar surface area (TPSA) is 86.6 Å². The van der Waals surface area contributed by atoms with Gasteiger partial charge in [0.1, 0.15) is 0 Å². The zero-order valence-corrected chi connectivity index (χ0v) is 14.5. The van der Waals surface area contributed by atoms with Gasteiger partial charge in [0.15, 0.2) is 0 Å². The molecule has 0 heterocycles. The minimum atomic E-state index is -1.12. The van der Waals surface area contributed by atoms with E-state index in [2.05, 4.69) is 12.2 Å². The molecule has 7 heteroatoms. The standard InChI is InChI=1S/C19H29NO4.2Na.2H/c1-2-3-4-5-6-7-8-9-10-11-20-17-13-15(18(21)22)12-16(14-17)19(23)24;;;;/h12-14,20H,2-11H2,1H3,(H,21,22)(H,23,24);;;;. The summed E-state index contributed by atoms with van der Waals surface area (Å²) in [6, 6.07) is 4.12. The Kier molecular flexibility index (Phi) is 18.5. The molecule has 0 amide bonds. The maximum absolute atomic E-state index is 11.0. The van der Waals surface area contributed by atoms with Crippen LogP contribution in [0.3, 0.4) is 0 Å². The van der Waals surface area contributed by atoms with Crippen LogP contribution in [-0.2, 0) is 0 Å². The molecule has 3 N–H and O–H groups in total. The number of anilines is 1. The van der Waals surface area contributed by atoms with Crippen LogP contribution in [0.2, 0.25) is 0 Å². The first-order valence-electron chi connectivity index (χ1n) is 8.90. The van der Waals surface area contributed by atoms with Gasteiger partial charge in [-0.15, -0.1) is 0 Å². The van der Waals surface area contributed by atoms with Gasteiger partial charge in [0.05, 0.1) is 11.1 Å². The Morgan fingerprint density at radius 3 is 1.62 bits per heavy atom. The molecule has 0 aliphatic heterocycles. The molecule has 1 aromatic carbocycles. The van der Waals surface area contributed by atoms with Crippen molar-refractivity contribution in [3.63, 3.8) is 0 Å². The van der Waals surface area contributed by atoms with Crippen LogP contribution in [-0.4, -0.2) is 87.8 Å². The van der Waals surface area contributed by atoms with Gasteiger partial charge in [0.2, 0.25) is 0 Å². The van der Waals surface area contributed by atoms with Gasteiger partial charge in [-0.3, -0.25) is 0 Å². The molecule has 138 valence electrons. The second-order valence-corrected chi connectivity index (χ2v) is 6.16. The molecule has 0 aliphatic carbocycles. The minimum absolute atomic E-state index is 0. The molecule has 0 saturated heterocycles. The molecule has 1 aromatic rings. The van der Waals surface area contributed by atoms with E-state index in [1.807, 2.05) is 0 Å². The van der Waals surface area contributed by atoms with Crippen LogP contribution in [0.25, 0.3) is 0 Å². The normalized spacial score (nSPS) is 9.73. The summed E-state index contributed by atoms with van der Waals surface area (Å²) in [5, 5.41) is 21.2. The third-order valence-corrected chi connectivity index (χ3v) is 4.04. The molecule has 0 atom stereocenters. The van der Waals surface area contributed by atoms with Crippen molar-refractivity contribution in [3.8, 4) is 0 Å². The van der Waals surface area contributed by atoms with E-state index in [4.69, 9.17) is 10.2 Å². The summed E-state index contributed by atoms with van der Waals surface area (Å²) in [5.41, 5.74) is 0.529. The summed E-state index contributed by atoms with van der Waals surface area (Å²) < 4.78 is 0. The molecule has 0 fully saturated rings. The quantitative estimate of drug-likeness (QED) is 0.357. The second kappa shape index (κ2) is 17.1. The maximum atomic E-state index is 11.0. The van der Waals surface area contributed by atoms with E-state index in [9.17, 15) is 9.59 Å². The molecule has 1 rings (SSSR count). The molecule has 0 aliphatic rings. The van der Waals surface area contributed by atoms with Crippen molar-refractivity contribution in [2.45, 2.75) is 64.7 Å². The molecule has 0 radical (unpaired) electrons. The average Bonchev–Trinajstić information content (AvgIpc) is 2.56. The van der Waals surface area contributed by atoms with Crippen LogP contribution in [0.1, 0.15) is 85.4 Å². The number of carboxylic acids is 2. The van der Waals surface area contributed by atoms with Gasteiger partial charge in [-0.05, 0) is 24.6 Å². The Hall–Kier alpha value is -0.0400. The van der Waals surface area contributed by atoms with Crippen LogP contribution >= 0.6 is 0 Å². The van der Waals surface area contributed by atoms with E-state index < -0.39 is 11.9 Å². The number of benzene rings is 1. The molecule has 26 heavy (non-hydrogen) atoms. The molecular weight excluding hydrogens is 352 g/mol. The predicted octanol–water partition coefficient (Wildman–Crippen LogP) is 3.73. The van der Waals surface area contributed by atoms with E-state index in [0.717, 1.165) is 19.4 Å². The first-order valence-corrected chi connectivity index (χ1v) is 8.90. The number of nitrogens with one attached hydrogen (secondary N) is 1. The summed E-state index contributed by atoms with van der Waals surface area (Å²) in [7, 11) is 0. The van der Waals surface area contributed by atoms with Gasteiger partial charge in [-0.25, -0.2) is 9.59 Å². The van der Waals surface area contributed by atoms with Crippen molar-refractivity contribution < 1.29 is 19.8 Å². The first-order chi connectivity index (χ1) is 11.5. The summed E-state index contributed by atoms with van der Waals surface area (Å²) in [6.07, 6.45) is 11.2. The molecule has 0 aromatic heterocycles. The van der Waals surface area contributed by atoms with Gasteiger partial charge in [-0.2, -0.15) is 0 Å². The van der Waals surface area contributed by atoms with Crippen LogP contribution < -0.4 is 5.32 Å². The monoisotopic (exact) mass is 383 g/mol. The van der Waals surface area contributed by atoms with Crippen LogP contribution in [0.15, 0.2) is 18.2 Å². The van der Waals surface area contributed by atoms with Crippen molar-refractivity contribution in [3.05, 3.63) is 29.3 Å². The van der Waals surface area contributed by atoms with Crippen LogP contribution in [0.5, 0.6) is 0 Å². The van der Waals surface area contributed by atoms with E-state index in [1.54, 1.807) is 0 Å². The fourth-order valence-corrected chi connectivity index (χ4v) is 2.64. The van der Waals surface area contributed by atoms with E-state index >= 15 is 0 Å². The van der Waals surface area contributed by atoms with Crippen LogP contribution in [0.4, 0.5) is 5.69 Å². The molecule has 5 nitrogen and oxygen atoms in total.